The van der Waals surface area contributed by atoms with E-state index < -0.39 is 0 Å². The molecule has 0 aliphatic heterocycles. The van der Waals surface area contributed by atoms with E-state index in [9.17, 15) is 0 Å². The predicted octanol–water partition coefficient (Wildman–Crippen LogP) is 3.63. The number of rotatable bonds is 8. The molecular weight excluding hydrogens is 232 g/mol. The van der Waals surface area contributed by atoms with Crippen LogP contribution in [0.15, 0.2) is 30.3 Å². The number of hydrogen-bond donors (Lipinski definition) is 1. The Labute approximate surface area is 119 Å². The number of nitrogens with zero attached hydrogens (tertiary/aromatic N) is 1. The van der Waals surface area contributed by atoms with Gasteiger partial charge in [0.1, 0.15) is 0 Å². The highest BCUT2D eigenvalue weighted by Crippen LogP contribution is 2.23. The van der Waals surface area contributed by atoms with Gasteiger partial charge in [-0.1, -0.05) is 44.2 Å². The molecule has 19 heavy (non-hydrogen) atoms. The van der Waals surface area contributed by atoms with Gasteiger partial charge in [0.2, 0.25) is 0 Å². The first-order chi connectivity index (χ1) is 9.10. The fourth-order valence-corrected chi connectivity index (χ4v) is 2.81. The second-order valence-corrected chi connectivity index (χ2v) is 5.77. The maximum Gasteiger partial charge on any atom is 0.0226 e. The Hall–Kier alpha value is -0.860. The van der Waals surface area contributed by atoms with Crippen LogP contribution in [0.3, 0.4) is 0 Å². The van der Waals surface area contributed by atoms with E-state index >= 15 is 0 Å². The molecule has 0 aromatic heterocycles. The summed E-state index contributed by atoms with van der Waals surface area (Å²) in [5.74, 6) is 0.563. The minimum absolute atomic E-state index is 0.482. The monoisotopic (exact) mass is 262 g/mol. The molecular formula is C17H30N2. The third-order valence-electron chi connectivity index (χ3n) is 3.88. The molecule has 2 atom stereocenters. The van der Waals surface area contributed by atoms with Crippen molar-refractivity contribution >= 4 is 0 Å². The molecule has 1 rings (SSSR count). The van der Waals surface area contributed by atoms with E-state index in [1.165, 1.54) is 12.0 Å². The third kappa shape index (κ3) is 4.96. The van der Waals surface area contributed by atoms with Crippen LogP contribution in [0.4, 0.5) is 0 Å². The molecule has 0 fully saturated rings. The van der Waals surface area contributed by atoms with E-state index in [0.717, 1.165) is 19.5 Å². The first-order valence-electron chi connectivity index (χ1n) is 7.60. The fourth-order valence-electron chi connectivity index (χ4n) is 2.81. The van der Waals surface area contributed by atoms with Crippen molar-refractivity contribution < 1.29 is 0 Å². The van der Waals surface area contributed by atoms with Crippen LogP contribution in [-0.4, -0.2) is 30.1 Å². The zero-order valence-corrected chi connectivity index (χ0v) is 13.0. The van der Waals surface area contributed by atoms with Crippen LogP contribution in [-0.2, 0) is 0 Å². The maximum absolute atomic E-state index is 6.03. The molecule has 0 bridgehead atoms. The lowest BCUT2D eigenvalue weighted by Crippen LogP contribution is -2.45. The van der Waals surface area contributed by atoms with E-state index in [0.29, 0.717) is 18.0 Å². The zero-order chi connectivity index (χ0) is 14.3. The summed E-state index contributed by atoms with van der Waals surface area (Å²) >= 11 is 0. The molecule has 0 radical (unpaired) electrons. The van der Waals surface area contributed by atoms with Crippen LogP contribution >= 0.6 is 0 Å². The van der Waals surface area contributed by atoms with Crippen LogP contribution in [0.5, 0.6) is 0 Å². The lowest BCUT2D eigenvalue weighted by atomic mass is 9.92. The first kappa shape index (κ1) is 16.2. The summed E-state index contributed by atoms with van der Waals surface area (Å²) in [7, 11) is 0. The van der Waals surface area contributed by atoms with Crippen LogP contribution in [0.1, 0.15) is 52.0 Å². The number of hydrogen-bond acceptors (Lipinski definition) is 2. The minimum Gasteiger partial charge on any atom is -0.329 e. The van der Waals surface area contributed by atoms with Gasteiger partial charge in [-0.3, -0.25) is 4.90 Å². The molecule has 0 spiro atoms. The van der Waals surface area contributed by atoms with Crippen molar-refractivity contribution in [2.45, 2.75) is 58.5 Å². The van der Waals surface area contributed by atoms with Gasteiger partial charge in [0.25, 0.3) is 0 Å². The zero-order valence-electron chi connectivity index (χ0n) is 13.0. The molecule has 1 aromatic rings. The van der Waals surface area contributed by atoms with E-state index in [4.69, 9.17) is 5.73 Å². The second kappa shape index (κ2) is 8.34. The van der Waals surface area contributed by atoms with Crippen LogP contribution in [0.2, 0.25) is 0 Å². The van der Waals surface area contributed by atoms with Crippen molar-refractivity contribution in [3.63, 3.8) is 0 Å². The predicted molar refractivity (Wildman–Crippen MR) is 84.4 cm³/mol. The van der Waals surface area contributed by atoms with Crippen molar-refractivity contribution in [2.75, 3.05) is 13.1 Å². The lowest BCUT2D eigenvalue weighted by molar-refractivity contribution is 0.144. The molecule has 0 heterocycles. The fraction of sp³-hybridized carbons (Fsp3) is 0.647. The quantitative estimate of drug-likeness (QED) is 0.775. The van der Waals surface area contributed by atoms with Gasteiger partial charge in [0, 0.05) is 18.6 Å². The standard InChI is InChI=1S/C17H30N2/c1-5-11-19(14(2)3)17(13-18)12-15(4)16-9-7-6-8-10-16/h6-10,14-15,17H,5,11-13,18H2,1-4H3. The third-order valence-corrected chi connectivity index (χ3v) is 3.88. The van der Waals surface area contributed by atoms with Crippen LogP contribution in [0.25, 0.3) is 0 Å². The van der Waals surface area contributed by atoms with Crippen molar-refractivity contribution in [3.8, 4) is 0 Å². The Balaban J connectivity index is 2.69. The Bertz CT molecular complexity index is 334. The van der Waals surface area contributed by atoms with Crippen LogP contribution < -0.4 is 5.73 Å². The van der Waals surface area contributed by atoms with E-state index in [-0.39, 0.29) is 0 Å². The molecule has 0 saturated heterocycles. The average molecular weight is 262 g/mol. The van der Waals surface area contributed by atoms with Crippen molar-refractivity contribution in [3.05, 3.63) is 35.9 Å². The molecule has 2 heteroatoms. The summed E-state index contributed by atoms with van der Waals surface area (Å²) in [4.78, 5) is 2.55. The average Bonchev–Trinajstić information content (AvgIpc) is 2.43. The van der Waals surface area contributed by atoms with Gasteiger partial charge < -0.3 is 5.73 Å². The molecule has 0 saturated carbocycles. The molecule has 2 unspecified atom stereocenters. The van der Waals surface area contributed by atoms with Gasteiger partial charge >= 0.3 is 0 Å². The van der Waals surface area contributed by atoms with Gasteiger partial charge in [-0.05, 0) is 44.7 Å². The molecule has 108 valence electrons. The Morgan fingerprint density at radius 2 is 1.74 bits per heavy atom. The minimum atomic E-state index is 0.482. The lowest BCUT2D eigenvalue weighted by Gasteiger charge is -2.35. The van der Waals surface area contributed by atoms with Gasteiger partial charge in [-0.25, -0.2) is 0 Å². The van der Waals surface area contributed by atoms with E-state index in [1.54, 1.807) is 0 Å². The Kier molecular flexibility index (Phi) is 7.11. The van der Waals surface area contributed by atoms with Gasteiger partial charge in [0.05, 0.1) is 0 Å². The molecule has 2 N–H and O–H groups in total. The maximum atomic E-state index is 6.03. The van der Waals surface area contributed by atoms with E-state index in [1.807, 2.05) is 0 Å². The Morgan fingerprint density at radius 1 is 1.11 bits per heavy atom. The van der Waals surface area contributed by atoms with Crippen molar-refractivity contribution in [1.82, 2.24) is 4.90 Å². The smallest absolute Gasteiger partial charge is 0.0226 e. The van der Waals surface area contributed by atoms with Crippen molar-refractivity contribution in [1.29, 1.82) is 0 Å². The van der Waals surface area contributed by atoms with Crippen LogP contribution in [0, 0.1) is 0 Å². The molecule has 0 aliphatic rings. The van der Waals surface area contributed by atoms with Gasteiger partial charge in [-0.15, -0.1) is 0 Å². The highest BCUT2D eigenvalue weighted by Gasteiger charge is 2.21. The summed E-state index contributed by atoms with van der Waals surface area (Å²) in [5, 5.41) is 0. The highest BCUT2D eigenvalue weighted by molar-refractivity contribution is 5.18. The number of nitrogens with two attached hydrogens (primary N) is 1. The summed E-state index contributed by atoms with van der Waals surface area (Å²) in [6, 6.07) is 11.8. The van der Waals surface area contributed by atoms with E-state index in [2.05, 4.69) is 62.9 Å². The summed E-state index contributed by atoms with van der Waals surface area (Å²) in [6.07, 6.45) is 2.33. The second-order valence-electron chi connectivity index (χ2n) is 5.77. The Morgan fingerprint density at radius 3 is 2.21 bits per heavy atom. The normalized spacial score (nSPS) is 14.9. The summed E-state index contributed by atoms with van der Waals surface area (Å²) < 4.78 is 0. The van der Waals surface area contributed by atoms with Gasteiger partial charge in [0.15, 0.2) is 0 Å². The number of benzene rings is 1. The molecule has 0 aliphatic carbocycles. The van der Waals surface area contributed by atoms with Crippen molar-refractivity contribution in [2.24, 2.45) is 5.73 Å². The largest absolute Gasteiger partial charge is 0.329 e. The first-order valence-corrected chi connectivity index (χ1v) is 7.60. The highest BCUT2D eigenvalue weighted by atomic mass is 15.2. The van der Waals surface area contributed by atoms with Gasteiger partial charge in [-0.2, -0.15) is 0 Å². The molecule has 1 aromatic carbocycles. The summed E-state index contributed by atoms with van der Waals surface area (Å²) in [5.41, 5.74) is 7.44. The molecule has 2 nitrogen and oxygen atoms in total. The topological polar surface area (TPSA) is 29.3 Å². The molecule has 0 amide bonds. The summed E-state index contributed by atoms with van der Waals surface area (Å²) in [6.45, 7) is 11.0. The SMILES string of the molecule is CCCN(C(C)C)C(CN)CC(C)c1ccccc1.